The van der Waals surface area contributed by atoms with E-state index < -0.39 is 0 Å². The van der Waals surface area contributed by atoms with Gasteiger partial charge < -0.3 is 5.11 Å². The second-order valence-electron chi connectivity index (χ2n) is 4.95. The van der Waals surface area contributed by atoms with Crippen LogP contribution >= 0.6 is 0 Å². The first-order valence-corrected chi connectivity index (χ1v) is 7.67. The van der Waals surface area contributed by atoms with Gasteiger partial charge in [-0.2, -0.15) is 0 Å². The summed E-state index contributed by atoms with van der Waals surface area (Å²) < 4.78 is 0. The average molecular weight is 240 g/mol. The maximum absolute atomic E-state index is 8.64. The second-order valence-corrected chi connectivity index (χ2v) is 4.95. The van der Waals surface area contributed by atoms with E-state index in [4.69, 9.17) is 5.11 Å². The molecule has 1 heteroatoms. The normalized spacial score (nSPS) is 11.4. The SMILES string of the molecule is CCCCC/C=C\CCCCCCCCCO. The summed E-state index contributed by atoms with van der Waals surface area (Å²) in [5.41, 5.74) is 0. The topological polar surface area (TPSA) is 20.2 Å². The highest BCUT2D eigenvalue weighted by Crippen LogP contribution is 2.09. The molecule has 0 unspecified atom stereocenters. The Labute approximate surface area is 108 Å². The minimum Gasteiger partial charge on any atom is -0.396 e. The first-order chi connectivity index (χ1) is 8.41. The number of aliphatic hydroxyl groups excluding tert-OH is 1. The summed E-state index contributed by atoms with van der Waals surface area (Å²) in [6.07, 6.45) is 20.2. The van der Waals surface area contributed by atoms with Crippen LogP contribution in [0, 0.1) is 0 Å². The van der Waals surface area contributed by atoms with Gasteiger partial charge in [0.1, 0.15) is 0 Å². The van der Waals surface area contributed by atoms with Crippen LogP contribution in [-0.4, -0.2) is 11.7 Å². The zero-order valence-electron chi connectivity index (χ0n) is 11.8. The quantitative estimate of drug-likeness (QED) is 0.345. The summed E-state index contributed by atoms with van der Waals surface area (Å²) in [6.45, 7) is 2.62. The van der Waals surface area contributed by atoms with Crippen LogP contribution in [0.1, 0.15) is 84.0 Å². The lowest BCUT2D eigenvalue weighted by Gasteiger charge is -1.99. The molecule has 0 saturated carbocycles. The lowest BCUT2D eigenvalue weighted by Crippen LogP contribution is -1.83. The molecule has 1 nitrogen and oxygen atoms in total. The highest BCUT2D eigenvalue weighted by atomic mass is 16.2. The molecule has 0 aliphatic heterocycles. The lowest BCUT2D eigenvalue weighted by molar-refractivity contribution is 0.282. The number of unbranched alkanes of at least 4 members (excludes halogenated alkanes) is 10. The van der Waals surface area contributed by atoms with Crippen molar-refractivity contribution in [2.24, 2.45) is 0 Å². The Morgan fingerprint density at radius 2 is 1.12 bits per heavy atom. The molecule has 0 spiro atoms. The van der Waals surface area contributed by atoms with E-state index in [0.29, 0.717) is 6.61 Å². The lowest BCUT2D eigenvalue weighted by atomic mass is 10.1. The fraction of sp³-hybridized carbons (Fsp3) is 0.875. The van der Waals surface area contributed by atoms with Crippen LogP contribution in [0.5, 0.6) is 0 Å². The van der Waals surface area contributed by atoms with Gasteiger partial charge in [-0.05, 0) is 32.1 Å². The molecule has 0 aromatic rings. The molecule has 0 atom stereocenters. The zero-order valence-corrected chi connectivity index (χ0v) is 11.8. The molecule has 0 heterocycles. The third kappa shape index (κ3) is 15.7. The molecule has 0 aliphatic rings. The van der Waals surface area contributed by atoms with E-state index in [0.717, 1.165) is 6.42 Å². The Morgan fingerprint density at radius 1 is 0.647 bits per heavy atom. The third-order valence-corrected chi connectivity index (χ3v) is 3.17. The predicted octanol–water partition coefficient (Wildman–Crippen LogP) is 5.24. The van der Waals surface area contributed by atoms with E-state index >= 15 is 0 Å². The average Bonchev–Trinajstić information content (AvgIpc) is 2.35. The van der Waals surface area contributed by atoms with Crippen LogP contribution in [0.25, 0.3) is 0 Å². The molecule has 0 radical (unpaired) electrons. The first-order valence-electron chi connectivity index (χ1n) is 7.67. The Kier molecular flexibility index (Phi) is 15.4. The molecule has 102 valence electrons. The van der Waals surface area contributed by atoms with Gasteiger partial charge in [-0.1, -0.05) is 64.0 Å². The van der Waals surface area contributed by atoms with Crippen molar-refractivity contribution in [1.82, 2.24) is 0 Å². The van der Waals surface area contributed by atoms with E-state index in [2.05, 4.69) is 19.1 Å². The summed E-state index contributed by atoms with van der Waals surface area (Å²) in [5.74, 6) is 0. The summed E-state index contributed by atoms with van der Waals surface area (Å²) in [4.78, 5) is 0. The van der Waals surface area contributed by atoms with Crippen molar-refractivity contribution in [3.63, 3.8) is 0 Å². The number of hydrogen-bond donors (Lipinski definition) is 1. The highest BCUT2D eigenvalue weighted by Gasteiger charge is 1.90. The zero-order chi connectivity index (χ0) is 12.6. The Bertz CT molecular complexity index is 152. The van der Waals surface area contributed by atoms with E-state index in [-0.39, 0.29) is 0 Å². The fourth-order valence-corrected chi connectivity index (χ4v) is 2.01. The summed E-state index contributed by atoms with van der Waals surface area (Å²) in [6, 6.07) is 0. The van der Waals surface area contributed by atoms with Crippen LogP contribution in [0.3, 0.4) is 0 Å². The minimum absolute atomic E-state index is 0.364. The monoisotopic (exact) mass is 240 g/mol. The highest BCUT2D eigenvalue weighted by molar-refractivity contribution is 4.81. The maximum Gasteiger partial charge on any atom is 0.0431 e. The van der Waals surface area contributed by atoms with Crippen molar-refractivity contribution in [2.75, 3.05) is 6.61 Å². The van der Waals surface area contributed by atoms with E-state index in [1.807, 2.05) is 0 Å². The van der Waals surface area contributed by atoms with Crippen LogP contribution < -0.4 is 0 Å². The molecule has 0 aliphatic carbocycles. The van der Waals surface area contributed by atoms with E-state index in [9.17, 15) is 0 Å². The van der Waals surface area contributed by atoms with Gasteiger partial charge in [-0.3, -0.25) is 0 Å². The fourth-order valence-electron chi connectivity index (χ4n) is 2.01. The number of allylic oxidation sites excluding steroid dienone is 2. The van der Waals surface area contributed by atoms with Crippen molar-refractivity contribution in [3.05, 3.63) is 12.2 Å². The molecular weight excluding hydrogens is 208 g/mol. The summed E-state index contributed by atoms with van der Waals surface area (Å²) in [7, 11) is 0. The van der Waals surface area contributed by atoms with Crippen molar-refractivity contribution < 1.29 is 5.11 Å². The van der Waals surface area contributed by atoms with E-state index in [1.54, 1.807) is 0 Å². The smallest absolute Gasteiger partial charge is 0.0431 e. The molecule has 0 amide bonds. The standard InChI is InChI=1S/C16H32O/c1-2-3-4-5-6-7-8-9-10-11-12-13-14-15-16-17/h6-7,17H,2-5,8-16H2,1H3/b7-6-. The number of rotatable bonds is 13. The van der Waals surface area contributed by atoms with E-state index in [1.165, 1.54) is 70.6 Å². The summed E-state index contributed by atoms with van der Waals surface area (Å²) in [5, 5.41) is 8.64. The van der Waals surface area contributed by atoms with Crippen molar-refractivity contribution in [3.8, 4) is 0 Å². The Morgan fingerprint density at radius 3 is 1.65 bits per heavy atom. The van der Waals surface area contributed by atoms with Crippen LogP contribution in [0.2, 0.25) is 0 Å². The first kappa shape index (κ1) is 16.7. The van der Waals surface area contributed by atoms with Crippen LogP contribution in [0.4, 0.5) is 0 Å². The Balaban J connectivity index is 2.97. The van der Waals surface area contributed by atoms with Gasteiger partial charge in [-0.15, -0.1) is 0 Å². The van der Waals surface area contributed by atoms with Gasteiger partial charge >= 0.3 is 0 Å². The minimum atomic E-state index is 0.364. The molecule has 0 aromatic carbocycles. The molecule has 0 fully saturated rings. The van der Waals surface area contributed by atoms with Crippen molar-refractivity contribution >= 4 is 0 Å². The molecule has 17 heavy (non-hydrogen) atoms. The molecule has 0 aromatic heterocycles. The number of hydrogen-bond acceptors (Lipinski definition) is 1. The number of aliphatic hydroxyl groups is 1. The van der Waals surface area contributed by atoms with Gasteiger partial charge in [0.15, 0.2) is 0 Å². The largest absolute Gasteiger partial charge is 0.396 e. The molecule has 1 N–H and O–H groups in total. The molecular formula is C16H32O. The van der Waals surface area contributed by atoms with Crippen LogP contribution in [-0.2, 0) is 0 Å². The van der Waals surface area contributed by atoms with Crippen molar-refractivity contribution in [1.29, 1.82) is 0 Å². The van der Waals surface area contributed by atoms with Crippen molar-refractivity contribution in [2.45, 2.75) is 84.0 Å². The van der Waals surface area contributed by atoms with Gasteiger partial charge in [0.05, 0.1) is 0 Å². The maximum atomic E-state index is 8.64. The Hall–Kier alpha value is -0.300. The van der Waals surface area contributed by atoms with Gasteiger partial charge in [0.25, 0.3) is 0 Å². The van der Waals surface area contributed by atoms with Gasteiger partial charge in [0, 0.05) is 6.61 Å². The summed E-state index contributed by atoms with van der Waals surface area (Å²) >= 11 is 0. The van der Waals surface area contributed by atoms with Gasteiger partial charge in [-0.25, -0.2) is 0 Å². The third-order valence-electron chi connectivity index (χ3n) is 3.17. The predicted molar refractivity (Wildman–Crippen MR) is 77.3 cm³/mol. The molecule has 0 rings (SSSR count). The van der Waals surface area contributed by atoms with Crippen LogP contribution in [0.15, 0.2) is 12.2 Å². The second kappa shape index (κ2) is 15.7. The molecule has 0 saturated heterocycles. The van der Waals surface area contributed by atoms with Gasteiger partial charge in [0.2, 0.25) is 0 Å². The molecule has 0 bridgehead atoms.